The maximum atomic E-state index is 5.95. The number of nitrogens with zero attached hydrogens (tertiary/aromatic N) is 1. The van der Waals surface area contributed by atoms with Crippen LogP contribution in [-0.2, 0) is 12.8 Å². The summed E-state index contributed by atoms with van der Waals surface area (Å²) in [4.78, 5) is 4.11. The van der Waals surface area contributed by atoms with Gasteiger partial charge in [-0.25, -0.2) is 0 Å². The number of aryl methyl sites for hydroxylation is 2. The minimum absolute atomic E-state index is 0.908. The fourth-order valence-corrected chi connectivity index (χ4v) is 2.11. The van der Waals surface area contributed by atoms with Crippen molar-refractivity contribution in [2.45, 2.75) is 26.7 Å². The normalized spacial score (nSPS) is 10.6. The Labute approximate surface area is 109 Å². The van der Waals surface area contributed by atoms with Gasteiger partial charge in [0.2, 0.25) is 0 Å². The zero-order valence-electron chi connectivity index (χ0n) is 11.0. The summed E-state index contributed by atoms with van der Waals surface area (Å²) in [5.74, 6) is 0. The molecule has 0 atom stereocenters. The third kappa shape index (κ3) is 3.10. The molecule has 0 unspecified atom stereocenters. The third-order valence-corrected chi connectivity index (χ3v) is 3.14. The van der Waals surface area contributed by atoms with Crippen LogP contribution in [0.3, 0.4) is 0 Å². The van der Waals surface area contributed by atoms with Gasteiger partial charge < -0.3 is 5.73 Å². The van der Waals surface area contributed by atoms with Gasteiger partial charge in [0.15, 0.2) is 0 Å². The highest BCUT2D eigenvalue weighted by Crippen LogP contribution is 2.19. The molecule has 1 radical (unpaired) electrons. The van der Waals surface area contributed by atoms with E-state index in [9.17, 15) is 0 Å². The second kappa shape index (κ2) is 5.67. The van der Waals surface area contributed by atoms with Crippen LogP contribution < -0.4 is 5.73 Å². The summed E-state index contributed by atoms with van der Waals surface area (Å²) >= 11 is 0. The van der Waals surface area contributed by atoms with Crippen LogP contribution in [0.4, 0.5) is 5.69 Å². The topological polar surface area (TPSA) is 38.9 Å². The van der Waals surface area contributed by atoms with E-state index in [1.54, 1.807) is 6.20 Å². The van der Waals surface area contributed by atoms with Gasteiger partial charge in [-0.1, -0.05) is 18.2 Å². The zero-order valence-corrected chi connectivity index (χ0v) is 11.0. The first-order valence-electron chi connectivity index (χ1n) is 6.23. The molecular formula is C16H19N2. The Bertz CT molecular complexity index is 495. The number of hydrogen-bond acceptors (Lipinski definition) is 2. The fraction of sp³-hybridized carbons (Fsp3) is 0.250. The fourth-order valence-electron chi connectivity index (χ4n) is 2.11. The van der Waals surface area contributed by atoms with Crippen molar-refractivity contribution in [1.29, 1.82) is 0 Å². The monoisotopic (exact) mass is 239 g/mol. The van der Waals surface area contributed by atoms with E-state index >= 15 is 0 Å². The molecule has 2 N–H and O–H groups in total. The molecular weight excluding hydrogens is 220 g/mol. The van der Waals surface area contributed by atoms with E-state index in [1.807, 2.05) is 12.3 Å². The predicted octanol–water partition coefficient (Wildman–Crippen LogP) is 3.27. The van der Waals surface area contributed by atoms with E-state index in [1.165, 1.54) is 22.3 Å². The highest BCUT2D eigenvalue weighted by molar-refractivity contribution is 5.54. The Morgan fingerprint density at radius 1 is 1.11 bits per heavy atom. The van der Waals surface area contributed by atoms with Crippen LogP contribution in [0, 0.1) is 20.3 Å². The summed E-state index contributed by atoms with van der Waals surface area (Å²) < 4.78 is 0. The lowest BCUT2D eigenvalue weighted by Crippen LogP contribution is -1.97. The predicted molar refractivity (Wildman–Crippen MR) is 76.3 cm³/mol. The number of hydrogen-bond donors (Lipinski definition) is 1. The average molecular weight is 239 g/mol. The number of aromatic nitrogens is 1. The SMILES string of the molecule is Cc1cc(C[CH]Cc2cccnc2)cc(C)c1N. The molecule has 2 rings (SSSR count). The Kier molecular flexibility index (Phi) is 3.98. The molecule has 2 heteroatoms. The molecule has 0 spiro atoms. The molecule has 0 amide bonds. The maximum Gasteiger partial charge on any atom is 0.0373 e. The molecule has 0 fully saturated rings. The van der Waals surface area contributed by atoms with Gasteiger partial charge in [0, 0.05) is 18.1 Å². The van der Waals surface area contributed by atoms with Crippen molar-refractivity contribution < 1.29 is 0 Å². The first-order valence-corrected chi connectivity index (χ1v) is 6.23. The first-order chi connectivity index (χ1) is 8.66. The van der Waals surface area contributed by atoms with E-state index in [4.69, 9.17) is 5.73 Å². The molecule has 0 aliphatic carbocycles. The van der Waals surface area contributed by atoms with Gasteiger partial charge in [0.1, 0.15) is 0 Å². The number of rotatable bonds is 4. The van der Waals surface area contributed by atoms with Crippen LogP contribution in [0.2, 0.25) is 0 Å². The molecule has 0 bridgehead atoms. The summed E-state index contributed by atoms with van der Waals surface area (Å²) in [6.45, 7) is 4.12. The van der Waals surface area contributed by atoms with Crippen LogP contribution in [0.5, 0.6) is 0 Å². The van der Waals surface area contributed by atoms with Crippen molar-refractivity contribution in [1.82, 2.24) is 4.98 Å². The van der Waals surface area contributed by atoms with E-state index < -0.39 is 0 Å². The first kappa shape index (κ1) is 12.6. The van der Waals surface area contributed by atoms with Gasteiger partial charge >= 0.3 is 0 Å². The van der Waals surface area contributed by atoms with E-state index in [0.717, 1.165) is 18.5 Å². The highest BCUT2D eigenvalue weighted by atomic mass is 14.6. The second-order valence-electron chi connectivity index (χ2n) is 4.70. The maximum absolute atomic E-state index is 5.95. The van der Waals surface area contributed by atoms with Gasteiger partial charge in [0.25, 0.3) is 0 Å². The van der Waals surface area contributed by atoms with E-state index in [2.05, 4.69) is 43.5 Å². The number of nitrogen functional groups attached to an aromatic ring is 1. The van der Waals surface area contributed by atoms with Crippen molar-refractivity contribution in [3.8, 4) is 0 Å². The van der Waals surface area contributed by atoms with Gasteiger partial charge in [-0.15, -0.1) is 0 Å². The molecule has 18 heavy (non-hydrogen) atoms. The Hall–Kier alpha value is -1.83. The van der Waals surface area contributed by atoms with Gasteiger partial charge in [-0.05, 0) is 61.4 Å². The minimum atomic E-state index is 0.908. The Morgan fingerprint density at radius 3 is 2.39 bits per heavy atom. The Morgan fingerprint density at radius 2 is 1.78 bits per heavy atom. The quantitative estimate of drug-likeness (QED) is 0.832. The Balaban J connectivity index is 1.95. The number of anilines is 1. The van der Waals surface area contributed by atoms with Crippen LogP contribution in [0.25, 0.3) is 0 Å². The van der Waals surface area contributed by atoms with Crippen LogP contribution in [0.1, 0.15) is 22.3 Å². The molecule has 1 aromatic carbocycles. The van der Waals surface area contributed by atoms with Crippen molar-refractivity contribution >= 4 is 5.69 Å². The lowest BCUT2D eigenvalue weighted by Gasteiger charge is -2.08. The molecule has 0 saturated heterocycles. The lowest BCUT2D eigenvalue weighted by molar-refractivity contribution is 1.01. The summed E-state index contributed by atoms with van der Waals surface area (Å²) in [6.07, 6.45) is 7.92. The minimum Gasteiger partial charge on any atom is -0.398 e. The molecule has 2 nitrogen and oxygen atoms in total. The van der Waals surface area contributed by atoms with Crippen molar-refractivity contribution in [2.75, 3.05) is 5.73 Å². The zero-order chi connectivity index (χ0) is 13.0. The molecule has 93 valence electrons. The summed E-state index contributed by atoms with van der Waals surface area (Å²) in [7, 11) is 0. The number of benzene rings is 1. The van der Waals surface area contributed by atoms with Crippen LogP contribution in [0.15, 0.2) is 36.7 Å². The highest BCUT2D eigenvalue weighted by Gasteiger charge is 2.02. The molecule has 2 aromatic rings. The molecule has 0 aliphatic rings. The van der Waals surface area contributed by atoms with Gasteiger partial charge in [-0.2, -0.15) is 0 Å². The third-order valence-electron chi connectivity index (χ3n) is 3.14. The van der Waals surface area contributed by atoms with Gasteiger partial charge in [-0.3, -0.25) is 4.98 Å². The second-order valence-corrected chi connectivity index (χ2v) is 4.70. The van der Waals surface area contributed by atoms with Crippen molar-refractivity contribution in [3.05, 3.63) is 65.3 Å². The van der Waals surface area contributed by atoms with E-state index in [0.29, 0.717) is 0 Å². The average Bonchev–Trinajstić information content (AvgIpc) is 2.37. The summed E-state index contributed by atoms with van der Waals surface area (Å²) in [6, 6.07) is 8.41. The molecule has 0 saturated carbocycles. The van der Waals surface area contributed by atoms with Gasteiger partial charge in [0.05, 0.1) is 0 Å². The number of nitrogens with two attached hydrogens (primary N) is 1. The summed E-state index contributed by atoms with van der Waals surface area (Å²) in [5.41, 5.74) is 11.8. The summed E-state index contributed by atoms with van der Waals surface area (Å²) in [5, 5.41) is 0. The smallest absolute Gasteiger partial charge is 0.0373 e. The van der Waals surface area contributed by atoms with Crippen molar-refractivity contribution in [3.63, 3.8) is 0 Å². The number of pyridine rings is 1. The van der Waals surface area contributed by atoms with Crippen molar-refractivity contribution in [2.24, 2.45) is 0 Å². The molecule has 1 heterocycles. The van der Waals surface area contributed by atoms with Crippen LogP contribution in [-0.4, -0.2) is 4.98 Å². The largest absolute Gasteiger partial charge is 0.398 e. The molecule has 0 aliphatic heterocycles. The van der Waals surface area contributed by atoms with E-state index in [-0.39, 0.29) is 0 Å². The molecule has 1 aromatic heterocycles. The standard InChI is InChI=1S/C16H19N2/c1-12-9-15(10-13(2)16(12)17)6-3-5-14-7-4-8-18-11-14/h3-4,7-11H,5-6,17H2,1-2H3. The van der Waals surface area contributed by atoms with Crippen LogP contribution >= 0.6 is 0 Å². The lowest BCUT2D eigenvalue weighted by atomic mass is 10.00.